The number of carbonyl (C=O) groups excluding carboxylic acids is 10. The number of benzene rings is 2. The van der Waals surface area contributed by atoms with E-state index in [-0.39, 0.29) is 93.1 Å². The van der Waals surface area contributed by atoms with Gasteiger partial charge in [0.25, 0.3) is 0 Å². The van der Waals surface area contributed by atoms with Gasteiger partial charge in [-0.2, -0.15) is 0 Å². The van der Waals surface area contributed by atoms with Crippen molar-refractivity contribution in [2.45, 2.75) is 166 Å². The normalized spacial score (nSPS) is 14.3. The number of hydrogen-bond acceptors (Lipinski definition) is 18. The summed E-state index contributed by atoms with van der Waals surface area (Å²) in [5.41, 5.74) is 34.5. The summed E-state index contributed by atoms with van der Waals surface area (Å²) >= 11 is 0. The second-order valence-corrected chi connectivity index (χ2v) is 23.7. The van der Waals surface area contributed by atoms with Gasteiger partial charge in [-0.1, -0.05) is 65.8 Å². The van der Waals surface area contributed by atoms with Crippen LogP contribution in [0.15, 0.2) is 71.0 Å². The lowest BCUT2D eigenvalue weighted by molar-refractivity contribution is -0.143. The summed E-state index contributed by atoms with van der Waals surface area (Å²) in [6.45, 7) is 9.74. The van der Waals surface area contributed by atoms with Crippen LogP contribution in [0.4, 0.5) is 0 Å². The van der Waals surface area contributed by atoms with Gasteiger partial charge in [-0.25, -0.2) is 9.78 Å². The van der Waals surface area contributed by atoms with E-state index in [9.17, 15) is 78.0 Å². The highest BCUT2D eigenvalue weighted by Gasteiger charge is 2.38. The van der Waals surface area contributed by atoms with Gasteiger partial charge in [-0.05, 0) is 85.3 Å². The number of aromatic amines is 1. The molecule has 522 valence electrons. The highest BCUT2D eigenvalue weighted by molar-refractivity contribution is 6.00. The number of nitrogens with two attached hydrogens (primary N) is 6. The number of hydrogen-bond donors (Lipinski definition) is 20. The molecule has 0 bridgehead atoms. The van der Waals surface area contributed by atoms with Crippen LogP contribution in [0, 0.1) is 17.8 Å². The first-order chi connectivity index (χ1) is 44.6. The molecule has 3 aromatic rings. The molecule has 0 spiro atoms. The Morgan fingerprint density at radius 2 is 0.863 bits per heavy atom. The van der Waals surface area contributed by atoms with Gasteiger partial charge in [0.1, 0.15) is 65.9 Å². The topological polar surface area (TPSA) is 604 Å². The Morgan fingerprint density at radius 1 is 0.474 bits per heavy atom. The second-order valence-electron chi connectivity index (χ2n) is 23.7. The number of primary amides is 1. The van der Waals surface area contributed by atoms with Crippen LogP contribution in [0.2, 0.25) is 0 Å². The molecule has 3 rings (SSSR count). The van der Waals surface area contributed by atoms with Gasteiger partial charge >= 0.3 is 11.9 Å². The first kappa shape index (κ1) is 78.6. The van der Waals surface area contributed by atoms with Gasteiger partial charge in [-0.15, -0.1) is 0 Å². The summed E-state index contributed by atoms with van der Waals surface area (Å²) in [7, 11) is 0. The van der Waals surface area contributed by atoms with Crippen molar-refractivity contribution in [1.29, 1.82) is 0 Å². The summed E-state index contributed by atoms with van der Waals surface area (Å²) in [4.78, 5) is 179. The maximum Gasteiger partial charge on any atom is 0.326 e. The quantitative estimate of drug-likeness (QED) is 0.0144. The maximum atomic E-state index is 14.5. The molecule has 0 saturated carbocycles. The summed E-state index contributed by atoms with van der Waals surface area (Å²) in [6.07, 6.45) is -0.218. The molecule has 1 heterocycles. The number of aliphatic carboxylic acids is 2. The Kier molecular flexibility index (Phi) is 32.3. The zero-order valence-corrected chi connectivity index (χ0v) is 53.8. The predicted octanol–water partition coefficient (Wildman–Crippen LogP) is -4.56. The molecule has 0 aliphatic carbocycles. The van der Waals surface area contributed by atoms with Crippen molar-refractivity contribution in [3.8, 4) is 11.5 Å². The van der Waals surface area contributed by atoms with Gasteiger partial charge in [-0.3, -0.25) is 62.7 Å². The molecule has 1 aromatic heterocycles. The summed E-state index contributed by atoms with van der Waals surface area (Å²) < 4.78 is 0. The molecule has 10 atom stereocenters. The lowest BCUT2D eigenvalue weighted by Crippen LogP contribution is -2.62. The maximum absolute atomic E-state index is 14.5. The Labute approximate surface area is 547 Å². The highest BCUT2D eigenvalue weighted by atomic mass is 16.4. The third-order valence-electron chi connectivity index (χ3n) is 14.4. The van der Waals surface area contributed by atoms with E-state index in [1.54, 1.807) is 27.7 Å². The summed E-state index contributed by atoms with van der Waals surface area (Å²) in [6, 6.07) is -4.51. The lowest BCUT2D eigenvalue weighted by Gasteiger charge is -2.29. The number of imidazole rings is 1. The number of carboxylic acids is 2. The number of rotatable bonds is 41. The van der Waals surface area contributed by atoms with Crippen LogP contribution in [-0.4, -0.2) is 187 Å². The average Bonchev–Trinajstić information content (AvgIpc) is 0.974. The minimum Gasteiger partial charge on any atom is -0.508 e. The van der Waals surface area contributed by atoms with E-state index in [4.69, 9.17) is 34.4 Å². The van der Waals surface area contributed by atoms with Crippen molar-refractivity contribution in [2.75, 3.05) is 13.1 Å². The molecular formula is C60H91N19O16. The zero-order chi connectivity index (χ0) is 71.2. The van der Waals surface area contributed by atoms with E-state index in [2.05, 4.69) is 67.8 Å². The van der Waals surface area contributed by atoms with Gasteiger partial charge < -0.3 is 108 Å². The van der Waals surface area contributed by atoms with Crippen molar-refractivity contribution < 1.29 is 78.0 Å². The fraction of sp³-hybridized carbons (Fsp3) is 0.517. The number of phenolic OH excluding ortho intramolecular Hbond substituents is 2. The van der Waals surface area contributed by atoms with Crippen molar-refractivity contribution in [3.63, 3.8) is 0 Å². The fourth-order valence-corrected chi connectivity index (χ4v) is 9.36. The first-order valence-electron chi connectivity index (χ1n) is 30.5. The number of aliphatic imine (C=N–C) groups is 2. The number of phenols is 2. The van der Waals surface area contributed by atoms with Gasteiger partial charge in [0.2, 0.25) is 59.1 Å². The molecule has 0 fully saturated rings. The summed E-state index contributed by atoms with van der Waals surface area (Å²) in [5.74, 6) is -15.8. The van der Waals surface area contributed by atoms with Crippen LogP contribution in [0.25, 0.3) is 0 Å². The number of guanidine groups is 2. The minimum atomic E-state index is -2.08. The summed E-state index contributed by atoms with van der Waals surface area (Å²) in [5, 5.41) is 62.2. The van der Waals surface area contributed by atoms with Gasteiger partial charge in [0, 0.05) is 44.2 Å². The zero-order valence-electron chi connectivity index (χ0n) is 53.8. The second kappa shape index (κ2) is 39.1. The van der Waals surface area contributed by atoms with E-state index in [1.165, 1.54) is 74.9 Å². The largest absolute Gasteiger partial charge is 0.508 e. The third kappa shape index (κ3) is 28.8. The minimum absolute atomic E-state index is 0.0498. The number of nitrogens with one attached hydrogen (secondary N) is 10. The van der Waals surface area contributed by atoms with Gasteiger partial charge in [0.05, 0.1) is 25.2 Å². The van der Waals surface area contributed by atoms with Crippen LogP contribution in [0.1, 0.15) is 103 Å². The van der Waals surface area contributed by atoms with Gasteiger partial charge in [0.15, 0.2) is 11.9 Å². The van der Waals surface area contributed by atoms with E-state index < -0.39 is 156 Å². The van der Waals surface area contributed by atoms with Crippen LogP contribution in [-0.2, 0) is 76.8 Å². The highest BCUT2D eigenvalue weighted by Crippen LogP contribution is 2.17. The van der Waals surface area contributed by atoms with Crippen LogP contribution in [0.5, 0.6) is 11.5 Å². The molecule has 0 unspecified atom stereocenters. The van der Waals surface area contributed by atoms with Crippen molar-refractivity contribution in [1.82, 2.24) is 57.8 Å². The van der Waals surface area contributed by atoms with Crippen LogP contribution in [0.3, 0.4) is 0 Å². The smallest absolute Gasteiger partial charge is 0.326 e. The lowest BCUT2D eigenvalue weighted by atomic mass is 9.99. The van der Waals surface area contributed by atoms with Crippen molar-refractivity contribution in [2.24, 2.45) is 62.1 Å². The number of H-pyrrole nitrogens is 1. The van der Waals surface area contributed by atoms with Crippen LogP contribution < -0.4 is 82.3 Å². The van der Waals surface area contributed by atoms with E-state index >= 15 is 0 Å². The number of aromatic hydroxyl groups is 2. The molecule has 35 nitrogen and oxygen atoms in total. The molecule has 26 N–H and O–H groups in total. The van der Waals surface area contributed by atoms with E-state index in [0.29, 0.717) is 17.5 Å². The molecule has 35 heteroatoms. The Hall–Kier alpha value is -10.6. The Morgan fingerprint density at radius 3 is 1.29 bits per heavy atom. The monoisotopic (exact) mass is 1330 g/mol. The first-order valence-corrected chi connectivity index (χ1v) is 30.5. The molecule has 95 heavy (non-hydrogen) atoms. The molecule has 2 aromatic carbocycles. The number of carbonyl (C=O) groups is 12. The number of amides is 10. The Balaban J connectivity index is 1.98. The molecule has 0 aliphatic rings. The molecule has 0 saturated heterocycles. The molecular weight excluding hydrogens is 1240 g/mol. The Bertz CT molecular complexity index is 3160. The molecule has 10 amide bonds. The standard InChI is InChI=1S/C60H91N19O16/c1-29(2)21-39(72-49(85)37(61)9-7-19-68-59(63)64)51(87)74-42(24-34-27-67-28-70-34)53(89)75-43(25-45(62)82)54(90)76-44(26-46(83)84)55(91)71-38(10-8-20-69-60(65)66)50(86)78-47(30(3)4)57(93)77-40(22-32-11-15-35(80)16-12-32)52(88)73-41(23-33-13-17-36(81)18-14-33)56(92)79-48(31(5)6)58(94)95/h11-18,27-31,37-44,47-48,80-81H,7-10,19-26,61H2,1-6H3,(H2,62,82)(H,67,70)(H,71,91)(H,72,85)(H,73,88)(H,74,87)(H,75,89)(H,76,90)(H,77,93)(H,78,86)(H,79,92)(H,83,84)(H,94,95)(H4,63,64,68)(H4,65,66,69)/t37-,38-,39-,40-,41-,42-,43-,44-,47-,48-/m0/s1. The van der Waals surface area contributed by atoms with Crippen LogP contribution >= 0.6 is 0 Å². The van der Waals surface area contributed by atoms with E-state index in [1.807, 2.05) is 0 Å². The van der Waals surface area contributed by atoms with Crippen molar-refractivity contribution >= 4 is 82.9 Å². The molecule has 0 aliphatic heterocycles. The SMILES string of the molecule is CC(C)C[C@H](NC(=O)[C@@H](N)CCCN=C(N)N)C(=O)N[C@@H](Cc1cnc[nH]1)C(=O)N[C@@H](CC(N)=O)C(=O)N[C@@H](CC(=O)O)C(=O)N[C@@H](CCCN=C(N)N)C(=O)N[C@H](C(=O)N[C@@H](Cc1ccc(O)cc1)C(=O)N[C@@H](Cc1ccc(O)cc1)C(=O)N[C@H](C(=O)O)C(C)C)C(C)C. The predicted molar refractivity (Wildman–Crippen MR) is 344 cm³/mol. The van der Waals surface area contributed by atoms with E-state index in [0.717, 1.165) is 0 Å². The van der Waals surface area contributed by atoms with Crippen molar-refractivity contribution in [3.05, 3.63) is 77.9 Å². The number of nitrogens with zero attached hydrogens (tertiary/aromatic N) is 3. The third-order valence-corrected chi connectivity index (χ3v) is 14.4. The molecule has 0 radical (unpaired) electrons. The number of aromatic nitrogens is 2. The fourth-order valence-electron chi connectivity index (χ4n) is 9.36. The average molecular weight is 1330 g/mol. The number of carboxylic acid groups (broad SMARTS) is 2.